The van der Waals surface area contributed by atoms with Crippen molar-refractivity contribution in [3.8, 4) is 0 Å². The van der Waals surface area contributed by atoms with Gasteiger partial charge in [0, 0.05) is 26.8 Å². The lowest BCUT2D eigenvalue weighted by molar-refractivity contribution is -0.330. The molecule has 4 rings (SSSR count). The quantitative estimate of drug-likeness (QED) is 0.0787. The highest BCUT2D eigenvalue weighted by Gasteiger charge is 2.52. The highest BCUT2D eigenvalue weighted by atomic mass is 16.7. The minimum absolute atomic E-state index is 0.0195. The number of nitrogens with one attached hydrogen (secondary N) is 4. The summed E-state index contributed by atoms with van der Waals surface area (Å²) in [5.74, 6) is -2.10. The summed E-state index contributed by atoms with van der Waals surface area (Å²) in [7, 11) is 0. The van der Waals surface area contributed by atoms with E-state index in [2.05, 4.69) is 21.3 Å². The average molecular weight is 791 g/mol. The molecule has 3 saturated heterocycles. The Morgan fingerprint density at radius 3 is 1.82 bits per heavy atom. The van der Waals surface area contributed by atoms with Crippen LogP contribution in [0.5, 0.6) is 0 Å². The number of rotatable bonds is 15. The molecule has 1 aromatic carbocycles. The van der Waals surface area contributed by atoms with Crippen molar-refractivity contribution >= 4 is 23.8 Å². The smallest absolute Gasteiger partial charge is 0.407 e. The fraction of sp³-hybridized carbons (Fsp3) is 0.697. The van der Waals surface area contributed by atoms with Gasteiger partial charge in [0.2, 0.25) is 17.7 Å². The van der Waals surface area contributed by atoms with Crippen molar-refractivity contribution in [2.24, 2.45) is 0 Å². The summed E-state index contributed by atoms with van der Waals surface area (Å²) in [6.45, 7) is -0.234. The number of carbonyl (C=O) groups excluding carboxylic acids is 4. The molecule has 0 spiro atoms. The van der Waals surface area contributed by atoms with Crippen LogP contribution in [0, 0.1) is 0 Å². The summed E-state index contributed by atoms with van der Waals surface area (Å²) in [6.07, 6.45) is -22.7. The first kappa shape index (κ1) is 44.1. The van der Waals surface area contributed by atoms with Crippen molar-refractivity contribution in [2.45, 2.75) is 119 Å². The molecule has 22 nitrogen and oxygen atoms in total. The van der Waals surface area contributed by atoms with Gasteiger partial charge >= 0.3 is 6.09 Å². The third-order valence-electron chi connectivity index (χ3n) is 9.04. The topological polar surface area (TPSA) is 334 Å². The number of amides is 4. The van der Waals surface area contributed by atoms with E-state index in [1.165, 1.54) is 0 Å². The Kier molecular flexibility index (Phi) is 16.5. The molecule has 3 fully saturated rings. The fourth-order valence-electron chi connectivity index (χ4n) is 6.18. The van der Waals surface area contributed by atoms with Crippen molar-refractivity contribution < 1.29 is 88.5 Å². The van der Waals surface area contributed by atoms with E-state index in [0.717, 1.165) is 19.4 Å². The first-order valence-electron chi connectivity index (χ1n) is 17.5. The van der Waals surface area contributed by atoms with Gasteiger partial charge in [-0.3, -0.25) is 14.4 Å². The van der Waals surface area contributed by atoms with Crippen molar-refractivity contribution in [2.75, 3.05) is 26.4 Å². The number of aliphatic hydroxyl groups excluding tert-OH is 8. The van der Waals surface area contributed by atoms with E-state index in [0.29, 0.717) is 0 Å². The molecule has 55 heavy (non-hydrogen) atoms. The van der Waals surface area contributed by atoms with Crippen LogP contribution in [0.2, 0.25) is 0 Å². The van der Waals surface area contributed by atoms with Gasteiger partial charge in [-0.05, 0) is 5.56 Å². The van der Waals surface area contributed by atoms with Crippen LogP contribution in [0.1, 0.15) is 25.8 Å². The van der Waals surface area contributed by atoms with Gasteiger partial charge in [-0.15, -0.1) is 0 Å². The summed E-state index contributed by atoms with van der Waals surface area (Å²) >= 11 is 0. The lowest BCUT2D eigenvalue weighted by Gasteiger charge is -2.48. The molecule has 4 amide bonds. The molecular formula is C33H50N4O18. The van der Waals surface area contributed by atoms with E-state index >= 15 is 0 Å². The molecule has 310 valence electrons. The number of hydrogen-bond acceptors (Lipinski definition) is 18. The van der Waals surface area contributed by atoms with Crippen LogP contribution in [0.15, 0.2) is 30.3 Å². The monoisotopic (exact) mass is 790 g/mol. The fourth-order valence-corrected chi connectivity index (χ4v) is 6.18. The van der Waals surface area contributed by atoms with Crippen LogP contribution in [-0.4, -0.2) is 183 Å². The Hall–Kier alpha value is -3.62. The normalized spacial score (nSPS) is 36.3. The second-order valence-electron chi connectivity index (χ2n) is 13.2. The number of aliphatic hydroxyl groups is 8. The molecule has 3 heterocycles. The highest BCUT2D eigenvalue weighted by molar-refractivity contribution is 5.77. The summed E-state index contributed by atoms with van der Waals surface area (Å²) < 4.78 is 33.7. The van der Waals surface area contributed by atoms with Crippen molar-refractivity contribution in [3.05, 3.63) is 35.9 Å². The first-order chi connectivity index (χ1) is 26.1. The molecule has 22 heteroatoms. The third kappa shape index (κ3) is 11.7. The van der Waals surface area contributed by atoms with E-state index in [9.17, 15) is 60.0 Å². The minimum atomic E-state index is -1.91. The minimum Gasteiger partial charge on any atom is -0.445 e. The number of hydrogen-bond donors (Lipinski definition) is 12. The van der Waals surface area contributed by atoms with Gasteiger partial charge in [-0.1, -0.05) is 30.3 Å². The Morgan fingerprint density at radius 1 is 0.691 bits per heavy atom. The highest BCUT2D eigenvalue weighted by Crippen LogP contribution is 2.30. The molecule has 3 aliphatic heterocycles. The van der Waals surface area contributed by atoms with Gasteiger partial charge < -0.3 is 90.5 Å². The van der Waals surface area contributed by atoms with Gasteiger partial charge in [-0.2, -0.15) is 0 Å². The second kappa shape index (κ2) is 20.5. The summed E-state index contributed by atoms with van der Waals surface area (Å²) in [4.78, 5) is 49.0. The number of alkyl carbamates (subject to hydrolysis) is 1. The van der Waals surface area contributed by atoms with Crippen molar-refractivity contribution in [1.29, 1.82) is 0 Å². The van der Waals surface area contributed by atoms with Crippen LogP contribution in [0.4, 0.5) is 4.79 Å². The molecule has 0 bridgehead atoms. The van der Waals surface area contributed by atoms with Crippen LogP contribution in [0.3, 0.4) is 0 Å². The van der Waals surface area contributed by atoms with Crippen LogP contribution >= 0.6 is 0 Å². The Balaban J connectivity index is 1.50. The molecule has 3 aliphatic rings. The maximum absolute atomic E-state index is 13.0. The van der Waals surface area contributed by atoms with Gasteiger partial charge in [-0.25, -0.2) is 4.79 Å². The largest absolute Gasteiger partial charge is 0.445 e. The van der Waals surface area contributed by atoms with Crippen LogP contribution < -0.4 is 21.3 Å². The summed E-state index contributed by atoms with van der Waals surface area (Å²) in [6, 6.07) is 5.97. The zero-order valence-corrected chi connectivity index (χ0v) is 29.9. The number of benzene rings is 1. The van der Waals surface area contributed by atoms with Gasteiger partial charge in [0.1, 0.15) is 79.7 Å². The van der Waals surface area contributed by atoms with E-state index < -0.39 is 136 Å². The van der Waals surface area contributed by atoms with E-state index in [1.54, 1.807) is 30.3 Å². The predicted molar refractivity (Wildman–Crippen MR) is 180 cm³/mol. The first-order valence-corrected chi connectivity index (χ1v) is 17.5. The molecular weight excluding hydrogens is 740 g/mol. The molecule has 0 aromatic heterocycles. The predicted octanol–water partition coefficient (Wildman–Crippen LogP) is -5.84. The maximum atomic E-state index is 13.0. The summed E-state index contributed by atoms with van der Waals surface area (Å²) in [5.41, 5.74) is 0.735. The third-order valence-corrected chi connectivity index (χ3v) is 9.04. The molecule has 15 atom stereocenters. The Morgan fingerprint density at radius 2 is 1.25 bits per heavy atom. The number of carbonyl (C=O) groups is 4. The molecule has 0 radical (unpaired) electrons. The lowest BCUT2D eigenvalue weighted by atomic mass is 9.95. The average Bonchev–Trinajstić information content (AvgIpc) is 3.15. The van der Waals surface area contributed by atoms with E-state index in [-0.39, 0.29) is 19.6 Å². The zero-order chi connectivity index (χ0) is 40.4. The van der Waals surface area contributed by atoms with Crippen molar-refractivity contribution in [1.82, 2.24) is 21.3 Å². The van der Waals surface area contributed by atoms with Gasteiger partial charge in [0.15, 0.2) is 18.8 Å². The van der Waals surface area contributed by atoms with E-state index in [1.807, 2.05) is 0 Å². The lowest BCUT2D eigenvalue weighted by Crippen LogP contribution is -2.69. The Bertz CT molecular complexity index is 1410. The molecule has 12 N–H and O–H groups in total. The van der Waals surface area contributed by atoms with Gasteiger partial charge in [0.05, 0.1) is 19.8 Å². The summed E-state index contributed by atoms with van der Waals surface area (Å²) in [5, 5.41) is 94.0. The second-order valence-corrected chi connectivity index (χ2v) is 13.2. The van der Waals surface area contributed by atoms with Crippen molar-refractivity contribution in [3.63, 3.8) is 0 Å². The van der Waals surface area contributed by atoms with Crippen LogP contribution in [-0.2, 0) is 49.4 Å². The molecule has 0 unspecified atom stereocenters. The molecule has 0 saturated carbocycles. The number of ether oxygens (including phenoxy) is 6. The zero-order valence-electron chi connectivity index (χ0n) is 29.9. The van der Waals surface area contributed by atoms with Crippen LogP contribution in [0.25, 0.3) is 0 Å². The maximum Gasteiger partial charge on any atom is 0.407 e. The standard InChI is InChI=1S/C33H50N4O18/c1-14(40)35-21-26(46)23(43)17(10-38)53-31(21)50-13-19-25(45)29(55-32-22(36-15(2)41)27(47)24(44)18(11-39)54-32)28(48)30(52-19)37-20(42)8-9-34-33(49)51-12-16-6-4-3-5-7-16/h3-7,17-19,21-32,38-39,43-48H,8-13H2,1-2H3,(H,34,49)(H,35,40)(H,36,41)(H,37,42)/t17-,18-,19-,21-,22-,23-,24-,25+,26-,27-,28-,29+,30-,31-,32+/m1/s1. The Labute approximate surface area is 314 Å². The van der Waals surface area contributed by atoms with Gasteiger partial charge in [0.25, 0.3) is 0 Å². The van der Waals surface area contributed by atoms with E-state index in [4.69, 9.17) is 28.4 Å². The SMILES string of the molecule is CC(=O)N[C@H]1[C@H](OC[C@H]2O[C@@H](NC(=O)CCNC(=O)OCc3ccccc3)[C@H](O)[C@@H](O[C@@H]3O[C@H](CO)[C@@H](O)[C@H](O)[C@H]3NC(C)=O)[C@H]2O)O[C@H](CO)[C@@H](O)[C@@H]1O. The molecule has 1 aromatic rings. The molecule has 0 aliphatic carbocycles.